The zero-order chi connectivity index (χ0) is 24.6. The second-order valence-electron chi connectivity index (χ2n) is 9.31. The largest absolute Gasteiger partial charge is 0.508 e. The van der Waals surface area contributed by atoms with Gasteiger partial charge in [-0.05, 0) is 50.6 Å². The Morgan fingerprint density at radius 2 is 1.76 bits per heavy atom. The van der Waals surface area contributed by atoms with E-state index in [1.165, 1.54) is 11.0 Å². The number of anilines is 1. The maximum atomic E-state index is 13.7. The minimum atomic E-state index is -2.63. The van der Waals surface area contributed by atoms with Crippen LogP contribution in [0.5, 0.6) is 5.75 Å². The van der Waals surface area contributed by atoms with Crippen LogP contribution in [0.25, 0.3) is 5.76 Å². The number of likely N-dealkylation sites (N-methyl/N-ethyl adjacent to an activating group) is 1. The van der Waals surface area contributed by atoms with Crippen molar-refractivity contribution in [1.82, 2.24) is 4.90 Å². The fraction of sp³-hybridized carbons (Fsp3) is 0.435. The van der Waals surface area contributed by atoms with Crippen molar-refractivity contribution in [3.8, 4) is 5.75 Å². The number of fused-ring (bicyclic) bond motifs is 3. The van der Waals surface area contributed by atoms with Gasteiger partial charge in [-0.1, -0.05) is 0 Å². The summed E-state index contributed by atoms with van der Waals surface area (Å²) >= 11 is 0. The number of aromatic hydroxyl groups is 1. The molecule has 3 aliphatic rings. The summed E-state index contributed by atoms with van der Waals surface area (Å²) in [6, 6.07) is 2.01. The lowest BCUT2D eigenvalue weighted by Gasteiger charge is -2.50. The maximum absolute atomic E-state index is 13.7. The van der Waals surface area contributed by atoms with E-state index in [0.717, 1.165) is 5.69 Å². The highest BCUT2D eigenvalue weighted by atomic mass is 16.3. The predicted molar refractivity (Wildman–Crippen MR) is 119 cm³/mol. The van der Waals surface area contributed by atoms with Gasteiger partial charge in [0.25, 0.3) is 5.91 Å². The number of nitrogens with zero attached hydrogens (tertiary/aromatic N) is 2. The van der Waals surface area contributed by atoms with Crippen LogP contribution >= 0.6 is 0 Å². The van der Waals surface area contributed by atoms with Crippen LogP contribution in [-0.4, -0.2) is 82.6 Å². The molecule has 0 aliphatic heterocycles. The summed E-state index contributed by atoms with van der Waals surface area (Å²) in [4.78, 5) is 42.0. The van der Waals surface area contributed by atoms with E-state index in [9.17, 15) is 34.8 Å². The van der Waals surface area contributed by atoms with Crippen molar-refractivity contribution >= 4 is 28.9 Å². The third-order valence-corrected chi connectivity index (χ3v) is 7.06. The predicted octanol–water partition coefficient (Wildman–Crippen LogP) is 0.0300. The molecular weight excluding hydrogens is 430 g/mol. The highest BCUT2D eigenvalue weighted by Crippen LogP contribution is 2.53. The highest BCUT2D eigenvalue weighted by molar-refractivity contribution is 6.24. The number of nitrogens with two attached hydrogens (primary N) is 1. The first-order chi connectivity index (χ1) is 15.3. The first-order valence-corrected chi connectivity index (χ1v) is 10.5. The third-order valence-electron chi connectivity index (χ3n) is 7.06. The van der Waals surface area contributed by atoms with Crippen LogP contribution in [0.15, 0.2) is 29.0 Å². The summed E-state index contributed by atoms with van der Waals surface area (Å²) in [6.07, 6.45) is 0.324. The van der Waals surface area contributed by atoms with E-state index in [1.807, 2.05) is 19.0 Å². The molecule has 3 aliphatic carbocycles. The highest BCUT2D eigenvalue weighted by Gasteiger charge is 2.64. The summed E-state index contributed by atoms with van der Waals surface area (Å²) in [5.41, 5.74) is 3.15. The summed E-state index contributed by atoms with van der Waals surface area (Å²) in [5, 5.41) is 43.9. The lowest BCUT2D eigenvalue weighted by Crippen LogP contribution is -2.65. The van der Waals surface area contributed by atoms with Crippen LogP contribution in [0.1, 0.15) is 17.5 Å². The number of phenols is 1. The molecule has 0 heterocycles. The Bertz CT molecular complexity index is 1170. The zero-order valence-corrected chi connectivity index (χ0v) is 18.8. The monoisotopic (exact) mass is 457 g/mol. The average Bonchev–Trinajstić information content (AvgIpc) is 2.70. The van der Waals surface area contributed by atoms with E-state index in [-0.39, 0.29) is 29.7 Å². The van der Waals surface area contributed by atoms with Gasteiger partial charge in [0.1, 0.15) is 22.8 Å². The third kappa shape index (κ3) is 2.90. The van der Waals surface area contributed by atoms with Crippen LogP contribution in [0, 0.1) is 11.8 Å². The van der Waals surface area contributed by atoms with Crippen LogP contribution in [0.4, 0.5) is 5.69 Å². The van der Waals surface area contributed by atoms with Crippen molar-refractivity contribution in [3.05, 3.63) is 40.2 Å². The molecule has 1 amide bonds. The van der Waals surface area contributed by atoms with Gasteiger partial charge in [0, 0.05) is 31.3 Å². The van der Waals surface area contributed by atoms with Gasteiger partial charge in [-0.2, -0.15) is 0 Å². The number of ketones is 2. The van der Waals surface area contributed by atoms with E-state index < -0.39 is 58.0 Å². The molecule has 1 aromatic rings. The zero-order valence-electron chi connectivity index (χ0n) is 18.8. The molecule has 1 aromatic carbocycles. The van der Waals surface area contributed by atoms with Crippen molar-refractivity contribution in [2.24, 2.45) is 17.6 Å². The molecule has 0 bridgehead atoms. The second kappa shape index (κ2) is 7.32. The number of Topliss-reactive ketones (excluding diaryl/α,β-unsaturated/α-hetero) is 2. The fourth-order valence-electron chi connectivity index (χ4n) is 5.65. The molecular formula is C23H27N3O7. The molecule has 1 fully saturated rings. The van der Waals surface area contributed by atoms with Crippen molar-refractivity contribution in [2.75, 3.05) is 33.1 Å². The molecule has 10 heteroatoms. The molecule has 33 heavy (non-hydrogen) atoms. The smallest absolute Gasteiger partial charge is 0.255 e. The first kappa shape index (κ1) is 22.8. The Labute approximate surface area is 190 Å². The van der Waals surface area contributed by atoms with Crippen molar-refractivity contribution in [2.45, 2.75) is 24.5 Å². The summed E-state index contributed by atoms with van der Waals surface area (Å²) in [7, 11) is 6.75. The molecule has 1 unspecified atom stereocenters. The number of rotatable bonds is 3. The minimum Gasteiger partial charge on any atom is -0.508 e. The van der Waals surface area contributed by atoms with Crippen molar-refractivity contribution in [1.29, 1.82) is 0 Å². The second-order valence-corrected chi connectivity index (χ2v) is 9.31. The van der Waals surface area contributed by atoms with E-state index >= 15 is 0 Å². The van der Waals surface area contributed by atoms with Gasteiger partial charge in [0.05, 0.1) is 11.6 Å². The SMILES string of the molecule is CN(C)c1ccc(O)c2c1C[C@@H]1C[C@@H]3C(N(C)C)C(=O)C(C(N)=O)=C(O)[C@@]3(O)C(=O)C1=C2O. The number of carbonyl (C=O) groups is 3. The van der Waals surface area contributed by atoms with Gasteiger partial charge in [-0.25, -0.2) is 0 Å². The Balaban J connectivity index is 1.99. The summed E-state index contributed by atoms with van der Waals surface area (Å²) < 4.78 is 0. The van der Waals surface area contributed by atoms with E-state index in [1.54, 1.807) is 20.2 Å². The van der Waals surface area contributed by atoms with Crippen LogP contribution in [0.2, 0.25) is 0 Å². The topological polar surface area (TPSA) is 165 Å². The number of carbonyl (C=O) groups excluding carboxylic acids is 3. The Morgan fingerprint density at radius 3 is 2.30 bits per heavy atom. The lowest BCUT2D eigenvalue weighted by molar-refractivity contribution is -0.153. The van der Waals surface area contributed by atoms with Crippen LogP contribution in [-0.2, 0) is 20.8 Å². The Hall–Kier alpha value is -3.37. The number of aliphatic hydroxyl groups is 3. The summed E-state index contributed by atoms with van der Waals surface area (Å²) in [5.74, 6) is -6.54. The molecule has 0 radical (unpaired) electrons. The number of amides is 1. The molecule has 6 N–H and O–H groups in total. The van der Waals surface area contributed by atoms with Gasteiger partial charge >= 0.3 is 0 Å². The summed E-state index contributed by atoms with van der Waals surface area (Å²) in [6.45, 7) is 0. The number of hydrogen-bond donors (Lipinski definition) is 5. The molecule has 176 valence electrons. The van der Waals surface area contributed by atoms with E-state index in [4.69, 9.17) is 5.73 Å². The van der Waals surface area contributed by atoms with E-state index in [0.29, 0.717) is 5.56 Å². The Kier molecular flexibility index (Phi) is 5.06. The molecule has 1 saturated carbocycles. The number of phenolic OH excluding ortho intramolecular Hbond substituents is 1. The van der Waals surface area contributed by atoms with Gasteiger partial charge in [-0.15, -0.1) is 0 Å². The van der Waals surface area contributed by atoms with Crippen molar-refractivity contribution in [3.63, 3.8) is 0 Å². The lowest BCUT2D eigenvalue weighted by atomic mass is 9.57. The number of aliphatic hydroxyl groups excluding tert-OH is 2. The molecule has 0 spiro atoms. The van der Waals surface area contributed by atoms with Crippen molar-refractivity contribution < 1.29 is 34.8 Å². The number of benzene rings is 1. The van der Waals surface area contributed by atoms with Crippen LogP contribution in [0.3, 0.4) is 0 Å². The molecule has 4 rings (SSSR count). The average molecular weight is 457 g/mol. The number of primary amides is 1. The minimum absolute atomic E-state index is 0.0638. The molecule has 4 atom stereocenters. The van der Waals surface area contributed by atoms with Crippen LogP contribution < -0.4 is 10.6 Å². The fourth-order valence-corrected chi connectivity index (χ4v) is 5.65. The van der Waals surface area contributed by atoms with Gasteiger partial charge < -0.3 is 31.1 Å². The number of hydrogen-bond acceptors (Lipinski definition) is 9. The molecule has 10 nitrogen and oxygen atoms in total. The van der Waals surface area contributed by atoms with Gasteiger partial charge in [-0.3, -0.25) is 19.3 Å². The molecule has 0 aromatic heterocycles. The normalized spacial score (nSPS) is 29.1. The Morgan fingerprint density at radius 1 is 1.12 bits per heavy atom. The van der Waals surface area contributed by atoms with E-state index in [2.05, 4.69) is 0 Å². The van der Waals surface area contributed by atoms with Gasteiger partial charge in [0.2, 0.25) is 5.78 Å². The molecule has 0 saturated heterocycles. The maximum Gasteiger partial charge on any atom is 0.255 e. The quantitative estimate of drug-likeness (QED) is 0.394. The standard InChI is InChI=1S/C23H27N3O7/c1-25(2)12-5-6-13(27)15-10(12)7-9-8-11-17(26(3)4)19(29)16(22(24)32)21(31)23(11,33)20(30)14(9)18(15)28/h5-6,9,11,17,27-28,31,33H,7-8H2,1-4H3,(H2,24,32)/t9-,11-,17?,23+/m1/s1. The van der Waals surface area contributed by atoms with Gasteiger partial charge in [0.15, 0.2) is 11.4 Å². The first-order valence-electron chi connectivity index (χ1n) is 10.5.